The van der Waals surface area contributed by atoms with Gasteiger partial charge < -0.3 is 19.6 Å². The van der Waals surface area contributed by atoms with Crippen molar-refractivity contribution in [2.75, 3.05) is 40.8 Å². The van der Waals surface area contributed by atoms with Crippen LogP contribution in [-0.4, -0.2) is 78.5 Å². The van der Waals surface area contributed by atoms with E-state index in [-0.39, 0.29) is 30.1 Å². The Labute approximate surface area is 260 Å². The van der Waals surface area contributed by atoms with Crippen molar-refractivity contribution in [1.82, 2.24) is 19.6 Å². The van der Waals surface area contributed by atoms with Gasteiger partial charge in [-0.25, -0.2) is 9.18 Å². The van der Waals surface area contributed by atoms with E-state index in [4.69, 9.17) is 0 Å². The van der Waals surface area contributed by atoms with E-state index in [1.807, 2.05) is 0 Å². The van der Waals surface area contributed by atoms with Gasteiger partial charge in [0.15, 0.2) is 0 Å². The van der Waals surface area contributed by atoms with Crippen LogP contribution in [0.5, 0.6) is 0 Å². The van der Waals surface area contributed by atoms with E-state index in [0.29, 0.717) is 43.1 Å². The molecule has 2 amide bonds. The second-order valence-corrected chi connectivity index (χ2v) is 12.0. The summed E-state index contributed by atoms with van der Waals surface area (Å²) in [4.78, 5) is 21.4. The SMILES string of the molecule is Cc1cc(F)ccc1[C@H]1CC(N(C)C2CCN(C)CC2)CCN1C(=O)N(C)[C@H](C)c1cc(C(F)(F)F)cc(C(F)(F)F)c1.Cl. The lowest BCUT2D eigenvalue weighted by Gasteiger charge is -2.47. The Kier molecular flexibility index (Phi) is 11.3. The monoisotopic (exact) mass is 652 g/mol. The van der Waals surface area contributed by atoms with Gasteiger partial charge in [-0.1, -0.05) is 6.07 Å². The molecule has 2 saturated heterocycles. The van der Waals surface area contributed by atoms with Crippen LogP contribution in [0.2, 0.25) is 0 Å². The fourth-order valence-corrected chi connectivity index (χ4v) is 6.37. The average molecular weight is 653 g/mol. The average Bonchev–Trinajstić information content (AvgIpc) is 2.94. The van der Waals surface area contributed by atoms with Crippen molar-refractivity contribution < 1.29 is 35.5 Å². The van der Waals surface area contributed by atoms with E-state index in [1.54, 1.807) is 17.9 Å². The summed E-state index contributed by atoms with van der Waals surface area (Å²) in [7, 11) is 5.56. The number of rotatable bonds is 5. The quantitative estimate of drug-likeness (QED) is 0.307. The highest BCUT2D eigenvalue weighted by Gasteiger charge is 2.40. The Hall–Kier alpha value is -2.57. The first-order valence-electron chi connectivity index (χ1n) is 14.5. The van der Waals surface area contributed by atoms with Gasteiger partial charge in [-0.15, -0.1) is 12.4 Å². The molecule has 2 aromatic rings. The third kappa shape index (κ3) is 7.98. The molecule has 0 radical (unpaired) electrons. The van der Waals surface area contributed by atoms with Crippen molar-refractivity contribution in [3.05, 3.63) is 70.0 Å². The lowest BCUT2D eigenvalue weighted by atomic mass is 9.87. The molecular weight excluding hydrogens is 613 g/mol. The molecule has 0 aromatic heterocycles. The molecule has 3 atom stereocenters. The number of hydrogen-bond donors (Lipinski definition) is 0. The summed E-state index contributed by atoms with van der Waals surface area (Å²) in [5, 5.41) is 0. The summed E-state index contributed by atoms with van der Waals surface area (Å²) in [6.07, 6.45) is -6.75. The largest absolute Gasteiger partial charge is 0.416 e. The van der Waals surface area contributed by atoms with Crippen LogP contribution < -0.4 is 0 Å². The topological polar surface area (TPSA) is 30.0 Å². The summed E-state index contributed by atoms with van der Waals surface area (Å²) in [5.41, 5.74) is -1.71. The number of hydrogen-bond acceptors (Lipinski definition) is 3. The molecule has 0 spiro atoms. The summed E-state index contributed by atoms with van der Waals surface area (Å²) >= 11 is 0. The van der Waals surface area contributed by atoms with E-state index in [1.165, 1.54) is 31.0 Å². The second kappa shape index (κ2) is 13.8. The Bertz CT molecular complexity index is 1260. The van der Waals surface area contributed by atoms with Crippen molar-refractivity contribution in [3.63, 3.8) is 0 Å². The van der Waals surface area contributed by atoms with Gasteiger partial charge in [-0.3, -0.25) is 0 Å². The fourth-order valence-electron chi connectivity index (χ4n) is 6.37. The van der Waals surface area contributed by atoms with E-state index in [9.17, 15) is 35.5 Å². The standard InChI is InChI=1S/C31H39F7N4O.ClH/c1-19-14-24(32)6-7-27(19)28-18-26(41(5)25-8-11-39(3)12-9-25)10-13-42(28)29(43)40(4)20(2)21-15-22(30(33,34)35)17-23(16-21)31(36,37)38;/h6-7,14-17,20,25-26,28H,8-13,18H2,1-5H3;1H/t20-,26?,28-;/m1./s1. The van der Waals surface area contributed by atoms with Crippen molar-refractivity contribution in [3.8, 4) is 0 Å². The predicted octanol–water partition coefficient (Wildman–Crippen LogP) is 7.94. The molecule has 246 valence electrons. The number of alkyl halides is 6. The first-order chi connectivity index (χ1) is 20.0. The van der Waals surface area contributed by atoms with Gasteiger partial charge in [0, 0.05) is 25.7 Å². The maximum atomic E-state index is 14.0. The Morgan fingerprint density at radius 1 is 0.886 bits per heavy atom. The van der Waals surface area contributed by atoms with Gasteiger partial charge in [0.2, 0.25) is 0 Å². The molecule has 0 N–H and O–H groups in total. The molecule has 1 unspecified atom stereocenters. The summed E-state index contributed by atoms with van der Waals surface area (Å²) in [6.45, 7) is 5.48. The molecule has 2 aliphatic heterocycles. The molecule has 44 heavy (non-hydrogen) atoms. The Morgan fingerprint density at radius 3 is 1.95 bits per heavy atom. The van der Waals surface area contributed by atoms with Crippen molar-refractivity contribution in [1.29, 1.82) is 0 Å². The molecule has 5 nitrogen and oxygen atoms in total. The van der Waals surface area contributed by atoms with Crippen molar-refractivity contribution in [2.45, 2.75) is 76.1 Å². The normalized spacial score (nSPS) is 21.2. The van der Waals surface area contributed by atoms with Crippen molar-refractivity contribution >= 4 is 18.4 Å². The minimum absolute atomic E-state index is 0. The molecule has 2 aromatic carbocycles. The molecule has 2 fully saturated rings. The first kappa shape index (κ1) is 35.9. The van der Waals surface area contributed by atoms with Crippen LogP contribution in [-0.2, 0) is 12.4 Å². The summed E-state index contributed by atoms with van der Waals surface area (Å²) in [5.74, 6) is -0.411. The number of benzene rings is 2. The highest BCUT2D eigenvalue weighted by atomic mass is 35.5. The van der Waals surface area contributed by atoms with Gasteiger partial charge in [0.25, 0.3) is 0 Å². The zero-order valence-electron chi connectivity index (χ0n) is 25.5. The van der Waals surface area contributed by atoms with Gasteiger partial charge in [-0.2, -0.15) is 26.3 Å². The maximum absolute atomic E-state index is 14.0. The molecule has 0 bridgehead atoms. The van der Waals surface area contributed by atoms with Crippen LogP contribution in [0.1, 0.15) is 72.5 Å². The van der Waals surface area contributed by atoms with Crippen LogP contribution in [0.4, 0.5) is 35.5 Å². The van der Waals surface area contributed by atoms with Crippen molar-refractivity contribution in [2.24, 2.45) is 0 Å². The van der Waals surface area contributed by atoms with Gasteiger partial charge in [-0.05, 0) is 114 Å². The van der Waals surface area contributed by atoms with Gasteiger partial charge in [0.05, 0.1) is 23.2 Å². The first-order valence-corrected chi connectivity index (χ1v) is 14.5. The number of urea groups is 1. The van der Waals surface area contributed by atoms with E-state index >= 15 is 0 Å². The minimum Gasteiger partial charge on any atom is -0.321 e. The number of piperidine rings is 2. The number of halogens is 8. The van der Waals surface area contributed by atoms with Crippen LogP contribution in [0.25, 0.3) is 0 Å². The molecular formula is C31H40ClF7N4O. The molecule has 13 heteroatoms. The zero-order chi connectivity index (χ0) is 31.9. The minimum atomic E-state index is -4.99. The van der Waals surface area contributed by atoms with Crippen LogP contribution >= 0.6 is 12.4 Å². The summed E-state index contributed by atoms with van der Waals surface area (Å²) in [6, 6.07) is 4.23. The van der Waals surface area contributed by atoms with Crippen LogP contribution in [0, 0.1) is 12.7 Å². The lowest BCUT2D eigenvalue weighted by Crippen LogP contribution is -2.53. The highest BCUT2D eigenvalue weighted by molar-refractivity contribution is 5.85. The number of likely N-dealkylation sites (tertiary alicyclic amines) is 2. The number of carbonyl (C=O) groups is 1. The number of carbonyl (C=O) groups excluding carboxylic acids is 1. The molecule has 4 rings (SSSR count). The van der Waals surface area contributed by atoms with Crippen LogP contribution in [0.15, 0.2) is 36.4 Å². The van der Waals surface area contributed by atoms with Crippen LogP contribution in [0.3, 0.4) is 0 Å². The Balaban J connectivity index is 0.00000529. The van der Waals surface area contributed by atoms with E-state index in [0.717, 1.165) is 31.5 Å². The molecule has 2 heterocycles. The molecule has 0 saturated carbocycles. The molecule has 0 aliphatic carbocycles. The maximum Gasteiger partial charge on any atom is 0.416 e. The third-order valence-corrected chi connectivity index (χ3v) is 9.23. The predicted molar refractivity (Wildman–Crippen MR) is 157 cm³/mol. The van der Waals surface area contributed by atoms with E-state index < -0.39 is 47.4 Å². The Morgan fingerprint density at radius 2 is 1.43 bits per heavy atom. The van der Waals surface area contributed by atoms with Gasteiger partial charge in [0.1, 0.15) is 5.82 Å². The molecule has 2 aliphatic rings. The number of aryl methyl sites for hydroxylation is 1. The summed E-state index contributed by atoms with van der Waals surface area (Å²) < 4.78 is 95.2. The number of amides is 2. The zero-order valence-corrected chi connectivity index (χ0v) is 26.3. The lowest BCUT2D eigenvalue weighted by molar-refractivity contribution is -0.143. The van der Waals surface area contributed by atoms with Gasteiger partial charge >= 0.3 is 18.4 Å². The number of nitrogens with zero attached hydrogens (tertiary/aromatic N) is 4. The fraction of sp³-hybridized carbons (Fsp3) is 0.581. The smallest absolute Gasteiger partial charge is 0.321 e. The third-order valence-electron chi connectivity index (χ3n) is 9.23. The van der Waals surface area contributed by atoms with E-state index in [2.05, 4.69) is 23.9 Å². The highest BCUT2D eigenvalue weighted by Crippen LogP contribution is 2.40. The second-order valence-electron chi connectivity index (χ2n) is 12.0.